The first kappa shape index (κ1) is 23.5. The fourth-order valence-corrected chi connectivity index (χ4v) is 3.75. The van der Waals surface area contributed by atoms with Crippen LogP contribution in [-0.2, 0) is 18.9 Å². The second-order valence-corrected chi connectivity index (χ2v) is 7.89. The zero-order valence-corrected chi connectivity index (χ0v) is 18.7. The number of hydrogen-bond acceptors (Lipinski definition) is 7. The number of esters is 3. The van der Waals surface area contributed by atoms with E-state index < -0.39 is 41.8 Å². The van der Waals surface area contributed by atoms with E-state index in [1.54, 1.807) is 91.0 Å². The van der Waals surface area contributed by atoms with Crippen LogP contribution in [0.25, 0.3) is 0 Å². The van der Waals surface area contributed by atoms with E-state index >= 15 is 0 Å². The Hall–Kier alpha value is -3.68. The number of carbonyl (C=O) groups is 3. The minimum absolute atomic E-state index is 0.261. The quantitative estimate of drug-likeness (QED) is 0.283. The Morgan fingerprint density at radius 3 is 1.53 bits per heavy atom. The van der Waals surface area contributed by atoms with Gasteiger partial charge in [0.15, 0.2) is 17.8 Å². The van der Waals surface area contributed by atoms with Crippen LogP contribution in [0.5, 0.6) is 0 Å². The molecule has 34 heavy (non-hydrogen) atoms. The largest absolute Gasteiger partial charge is 0.459 e. The van der Waals surface area contributed by atoms with Crippen molar-refractivity contribution >= 4 is 29.5 Å². The lowest BCUT2D eigenvalue weighted by molar-refractivity contribution is -0.0435. The van der Waals surface area contributed by atoms with Crippen LogP contribution >= 0.6 is 11.6 Å². The van der Waals surface area contributed by atoms with Crippen molar-refractivity contribution in [2.24, 2.45) is 0 Å². The Balaban J connectivity index is 1.51. The van der Waals surface area contributed by atoms with Gasteiger partial charge in [0, 0.05) is 0 Å². The molecule has 1 aliphatic rings. The monoisotopic (exact) mass is 480 g/mol. The third-order valence-corrected chi connectivity index (χ3v) is 5.50. The van der Waals surface area contributed by atoms with Crippen LogP contribution in [-0.4, -0.2) is 48.4 Å². The average Bonchev–Trinajstić information content (AvgIpc) is 3.17. The van der Waals surface area contributed by atoms with Crippen molar-refractivity contribution in [1.82, 2.24) is 0 Å². The van der Waals surface area contributed by atoms with Crippen molar-refractivity contribution < 1.29 is 33.3 Å². The summed E-state index contributed by atoms with van der Waals surface area (Å²) in [4.78, 5) is 37.8. The molecule has 0 amide bonds. The van der Waals surface area contributed by atoms with Gasteiger partial charge in [0.25, 0.3) is 0 Å². The number of hydrogen-bond donors (Lipinski definition) is 0. The molecule has 7 nitrogen and oxygen atoms in total. The van der Waals surface area contributed by atoms with Gasteiger partial charge in [-0.05, 0) is 36.4 Å². The summed E-state index contributed by atoms with van der Waals surface area (Å²) in [5.41, 5.74) is -0.165. The maximum absolute atomic E-state index is 12.7. The molecule has 1 aliphatic heterocycles. The van der Waals surface area contributed by atoms with Crippen LogP contribution < -0.4 is 0 Å². The zero-order valence-electron chi connectivity index (χ0n) is 17.9. The first-order chi connectivity index (χ1) is 16.5. The summed E-state index contributed by atoms with van der Waals surface area (Å²) in [6.45, 7) is -0.261. The first-order valence-corrected chi connectivity index (χ1v) is 11.0. The summed E-state index contributed by atoms with van der Waals surface area (Å²) >= 11 is 6.33. The molecular weight excluding hydrogens is 460 g/mol. The van der Waals surface area contributed by atoms with E-state index in [2.05, 4.69) is 0 Å². The van der Waals surface area contributed by atoms with Gasteiger partial charge in [0.05, 0.1) is 16.7 Å². The smallest absolute Gasteiger partial charge is 0.338 e. The maximum Gasteiger partial charge on any atom is 0.338 e. The zero-order chi connectivity index (χ0) is 23.9. The SMILES string of the molecule is O=C(OC[C@H]1O[C@@H](Cl)C(OC(=O)c2ccccc2)C1OC(=O)c1ccccc1)c1ccccc1. The molecule has 2 unspecified atom stereocenters. The number of ether oxygens (including phenoxy) is 4. The normalized spacial score (nSPS) is 21.4. The van der Waals surface area contributed by atoms with Gasteiger partial charge in [0.2, 0.25) is 0 Å². The fraction of sp³-hybridized carbons (Fsp3) is 0.192. The molecule has 174 valence electrons. The molecule has 0 spiro atoms. The lowest BCUT2D eigenvalue weighted by atomic mass is 10.1. The molecule has 0 N–H and O–H groups in total. The molecule has 3 aromatic rings. The standard InChI is InChI=1S/C26H21ClO7/c27-23-22(34-26(30)19-14-8-3-9-15-19)21(33-25(29)18-12-6-2-7-13-18)20(32-23)16-31-24(28)17-10-4-1-5-11-17/h1-15,20-23H,16H2/t20-,21?,22?,23-/m1/s1. The maximum atomic E-state index is 12.7. The number of rotatable bonds is 7. The molecule has 1 heterocycles. The predicted molar refractivity (Wildman–Crippen MR) is 123 cm³/mol. The summed E-state index contributed by atoms with van der Waals surface area (Å²) in [6, 6.07) is 25.1. The second kappa shape index (κ2) is 11.0. The van der Waals surface area contributed by atoms with Crippen molar-refractivity contribution in [2.45, 2.75) is 23.9 Å². The highest BCUT2D eigenvalue weighted by Crippen LogP contribution is 2.31. The van der Waals surface area contributed by atoms with Gasteiger partial charge in [0.1, 0.15) is 12.7 Å². The van der Waals surface area contributed by atoms with E-state index in [0.717, 1.165) is 0 Å². The van der Waals surface area contributed by atoms with Crippen molar-refractivity contribution in [1.29, 1.82) is 0 Å². The third-order valence-electron chi connectivity index (χ3n) is 5.15. The first-order valence-electron chi connectivity index (χ1n) is 10.6. The van der Waals surface area contributed by atoms with E-state index in [1.165, 1.54) is 0 Å². The fourth-order valence-electron chi connectivity index (χ4n) is 3.43. The number of carbonyl (C=O) groups excluding carboxylic acids is 3. The van der Waals surface area contributed by atoms with E-state index in [-0.39, 0.29) is 6.61 Å². The number of alkyl halides is 1. The highest BCUT2D eigenvalue weighted by Gasteiger charge is 2.49. The molecule has 8 heteroatoms. The van der Waals surface area contributed by atoms with Crippen LogP contribution in [0.3, 0.4) is 0 Å². The predicted octanol–water partition coefficient (Wildman–Crippen LogP) is 4.26. The van der Waals surface area contributed by atoms with Gasteiger partial charge in [-0.25, -0.2) is 14.4 Å². The van der Waals surface area contributed by atoms with Gasteiger partial charge < -0.3 is 18.9 Å². The molecule has 0 saturated carbocycles. The molecule has 3 aromatic carbocycles. The average molecular weight is 481 g/mol. The van der Waals surface area contributed by atoms with E-state index in [1.807, 2.05) is 0 Å². The van der Waals surface area contributed by atoms with Crippen molar-refractivity contribution in [3.63, 3.8) is 0 Å². The van der Waals surface area contributed by atoms with Crippen molar-refractivity contribution in [3.05, 3.63) is 108 Å². The molecule has 1 saturated heterocycles. The van der Waals surface area contributed by atoms with Gasteiger partial charge in [-0.3, -0.25) is 0 Å². The lowest BCUT2D eigenvalue weighted by Gasteiger charge is -2.23. The van der Waals surface area contributed by atoms with Crippen molar-refractivity contribution in [2.75, 3.05) is 6.61 Å². The highest BCUT2D eigenvalue weighted by molar-refractivity contribution is 6.20. The number of benzene rings is 3. The van der Waals surface area contributed by atoms with Gasteiger partial charge in [-0.2, -0.15) is 0 Å². The topological polar surface area (TPSA) is 88.1 Å². The van der Waals surface area contributed by atoms with Crippen LogP contribution in [0.4, 0.5) is 0 Å². The minimum Gasteiger partial charge on any atom is -0.459 e. The summed E-state index contributed by atoms with van der Waals surface area (Å²) in [5, 5.41) is 0. The van der Waals surface area contributed by atoms with Crippen LogP contribution in [0.15, 0.2) is 91.0 Å². The lowest BCUT2D eigenvalue weighted by Crippen LogP contribution is -2.41. The Bertz CT molecular complexity index is 1120. The summed E-state index contributed by atoms with van der Waals surface area (Å²) in [6.07, 6.45) is -3.18. The second-order valence-electron chi connectivity index (χ2n) is 7.46. The summed E-state index contributed by atoms with van der Waals surface area (Å²) in [7, 11) is 0. The van der Waals surface area contributed by atoms with Gasteiger partial charge in [-0.15, -0.1) is 0 Å². The minimum atomic E-state index is -1.12. The molecule has 0 aromatic heterocycles. The Kier molecular flexibility index (Phi) is 7.57. The Morgan fingerprint density at radius 2 is 1.06 bits per heavy atom. The van der Waals surface area contributed by atoms with Crippen molar-refractivity contribution in [3.8, 4) is 0 Å². The Morgan fingerprint density at radius 1 is 0.647 bits per heavy atom. The molecule has 4 rings (SSSR count). The molecule has 0 aliphatic carbocycles. The van der Waals surface area contributed by atoms with E-state index in [4.69, 9.17) is 30.5 Å². The van der Waals surface area contributed by atoms with Crippen LogP contribution in [0, 0.1) is 0 Å². The molecule has 1 fully saturated rings. The summed E-state index contributed by atoms with van der Waals surface area (Å²) < 4.78 is 22.3. The molecular formula is C26H21ClO7. The van der Waals surface area contributed by atoms with Crippen LogP contribution in [0.2, 0.25) is 0 Å². The number of halogens is 1. The highest BCUT2D eigenvalue weighted by atomic mass is 35.5. The molecule has 4 atom stereocenters. The van der Waals surface area contributed by atoms with Gasteiger partial charge >= 0.3 is 17.9 Å². The summed E-state index contributed by atoms with van der Waals surface area (Å²) in [5.74, 6) is -1.88. The molecule has 0 bridgehead atoms. The molecule has 0 radical (unpaired) electrons. The Labute approximate surface area is 201 Å². The van der Waals surface area contributed by atoms with E-state index in [0.29, 0.717) is 16.7 Å². The van der Waals surface area contributed by atoms with E-state index in [9.17, 15) is 14.4 Å². The van der Waals surface area contributed by atoms with Gasteiger partial charge in [-0.1, -0.05) is 66.2 Å². The van der Waals surface area contributed by atoms with Crippen LogP contribution in [0.1, 0.15) is 31.1 Å². The third kappa shape index (κ3) is 5.62.